The van der Waals surface area contributed by atoms with Crippen LogP contribution in [0.1, 0.15) is 5.69 Å². The van der Waals surface area contributed by atoms with Crippen molar-refractivity contribution < 1.29 is 9.37 Å². The molecule has 0 bridgehead atoms. The molecule has 0 saturated carbocycles. The molecule has 0 N–H and O–H groups in total. The molecule has 0 amide bonds. The molecular formula is C4H7N2O+. The quantitative estimate of drug-likeness (QED) is 0.422. The van der Waals surface area contributed by atoms with Crippen LogP contribution >= 0.6 is 0 Å². The normalized spacial score (nSPS) is 9.43. The predicted molar refractivity (Wildman–Crippen MR) is 22.4 cm³/mol. The minimum atomic E-state index is 0.905. The average molecular weight is 99.1 g/mol. The zero-order valence-corrected chi connectivity index (χ0v) is 4.38. The molecule has 0 atom stereocenters. The molecule has 0 radical (unpaired) electrons. The van der Waals surface area contributed by atoms with Crippen molar-refractivity contribution in [1.82, 2.24) is 5.16 Å². The highest BCUT2D eigenvalue weighted by molar-refractivity contribution is 4.77. The van der Waals surface area contributed by atoms with Crippen LogP contribution in [-0.4, -0.2) is 5.16 Å². The first-order valence-electron chi connectivity index (χ1n) is 2.08. The van der Waals surface area contributed by atoms with Crippen LogP contribution in [0.4, 0.5) is 0 Å². The largest absolute Gasteiger partial charge is 0.240 e. The Morgan fingerprint density at radius 2 is 2.57 bits per heavy atom. The summed E-state index contributed by atoms with van der Waals surface area (Å²) in [6.07, 6.45) is 1.81. The summed E-state index contributed by atoms with van der Waals surface area (Å²) in [4.78, 5) is 0. The van der Waals surface area contributed by atoms with Gasteiger partial charge in [-0.2, -0.15) is 0 Å². The summed E-state index contributed by atoms with van der Waals surface area (Å²) < 4.78 is 6.18. The lowest BCUT2D eigenvalue weighted by Crippen LogP contribution is -2.22. The lowest BCUT2D eigenvalue weighted by atomic mass is 10.6. The zero-order valence-electron chi connectivity index (χ0n) is 4.38. The zero-order chi connectivity index (χ0) is 5.28. The Bertz CT molecular complexity index is 142. The first-order valence-corrected chi connectivity index (χ1v) is 2.08. The van der Waals surface area contributed by atoms with Crippen molar-refractivity contribution in [2.24, 2.45) is 7.05 Å². The van der Waals surface area contributed by atoms with Gasteiger partial charge in [0.25, 0.3) is 0 Å². The van der Waals surface area contributed by atoms with Gasteiger partial charge in [0.2, 0.25) is 5.69 Å². The second-order valence-electron chi connectivity index (χ2n) is 1.49. The van der Waals surface area contributed by atoms with E-state index in [2.05, 4.69) is 9.79 Å². The van der Waals surface area contributed by atoms with E-state index in [0.717, 1.165) is 5.69 Å². The fraction of sp³-hybridized carbons (Fsp3) is 0.500. The van der Waals surface area contributed by atoms with E-state index in [4.69, 9.17) is 0 Å². The molecule has 0 aromatic carbocycles. The second-order valence-corrected chi connectivity index (χ2v) is 1.49. The molecule has 0 spiro atoms. The van der Waals surface area contributed by atoms with Gasteiger partial charge in [0.05, 0.1) is 0 Å². The lowest BCUT2D eigenvalue weighted by molar-refractivity contribution is -0.854. The third kappa shape index (κ3) is 0.765. The minimum Gasteiger partial charge on any atom is -0.0854 e. The van der Waals surface area contributed by atoms with Crippen molar-refractivity contribution in [2.75, 3.05) is 0 Å². The van der Waals surface area contributed by atoms with Crippen molar-refractivity contribution >= 4 is 0 Å². The minimum absolute atomic E-state index is 0.905. The van der Waals surface area contributed by atoms with Crippen LogP contribution in [-0.2, 0) is 7.05 Å². The summed E-state index contributed by atoms with van der Waals surface area (Å²) in [6.45, 7) is 1.88. The van der Waals surface area contributed by atoms with Crippen molar-refractivity contribution in [3.05, 3.63) is 11.9 Å². The van der Waals surface area contributed by atoms with Gasteiger partial charge in [-0.3, -0.25) is 0 Å². The van der Waals surface area contributed by atoms with Gasteiger partial charge >= 0.3 is 0 Å². The van der Waals surface area contributed by atoms with E-state index < -0.39 is 0 Å². The molecular weight excluding hydrogens is 92.1 g/mol. The number of hydrogen-bond donors (Lipinski definition) is 0. The molecule has 7 heavy (non-hydrogen) atoms. The highest BCUT2D eigenvalue weighted by Gasteiger charge is 1.98. The Balaban J connectivity index is 3.04. The van der Waals surface area contributed by atoms with Crippen LogP contribution in [0.15, 0.2) is 10.8 Å². The Morgan fingerprint density at radius 1 is 1.86 bits per heavy atom. The van der Waals surface area contributed by atoms with Gasteiger partial charge in [-0.25, -0.2) is 0 Å². The van der Waals surface area contributed by atoms with Gasteiger partial charge in [0, 0.05) is 6.92 Å². The van der Waals surface area contributed by atoms with Crippen LogP contribution < -0.4 is 4.74 Å². The summed E-state index contributed by atoms with van der Waals surface area (Å²) in [6, 6.07) is 0. The molecule has 38 valence electrons. The topological polar surface area (TPSA) is 29.9 Å². The molecule has 1 rings (SSSR count). The molecule has 1 aromatic rings. The predicted octanol–water partition coefficient (Wildman–Crippen LogP) is -0.192. The molecule has 0 aliphatic carbocycles. The molecule has 3 nitrogen and oxygen atoms in total. The van der Waals surface area contributed by atoms with Gasteiger partial charge in [-0.05, 0) is 0 Å². The molecule has 1 heterocycles. The number of rotatable bonds is 0. The van der Waals surface area contributed by atoms with Crippen LogP contribution in [0.5, 0.6) is 0 Å². The van der Waals surface area contributed by atoms with Crippen molar-refractivity contribution in [1.29, 1.82) is 0 Å². The summed E-state index contributed by atoms with van der Waals surface area (Å²) in [5.74, 6) is 0. The highest BCUT2D eigenvalue weighted by atomic mass is 16.6. The van der Waals surface area contributed by atoms with E-state index in [9.17, 15) is 0 Å². The molecule has 0 aliphatic rings. The maximum Gasteiger partial charge on any atom is 0.240 e. The maximum absolute atomic E-state index is 4.63. The second kappa shape index (κ2) is 1.33. The van der Waals surface area contributed by atoms with E-state index in [0.29, 0.717) is 0 Å². The first kappa shape index (κ1) is 4.30. The lowest BCUT2D eigenvalue weighted by Gasteiger charge is -1.62. The van der Waals surface area contributed by atoms with Gasteiger partial charge in [-0.1, -0.05) is 9.37 Å². The van der Waals surface area contributed by atoms with E-state index in [-0.39, 0.29) is 0 Å². The standard InChI is InChI=1S/C4H7N2O/c1-4-3-6(2)7-5-4/h3H,1-2H3/q+1. The van der Waals surface area contributed by atoms with Crippen LogP contribution in [0.25, 0.3) is 0 Å². The first-order chi connectivity index (χ1) is 3.29. The third-order valence-corrected chi connectivity index (χ3v) is 0.682. The Hall–Kier alpha value is -0.860. The van der Waals surface area contributed by atoms with E-state index >= 15 is 0 Å². The molecule has 0 saturated heterocycles. The Morgan fingerprint density at radius 3 is 2.71 bits per heavy atom. The Kier molecular flexibility index (Phi) is 0.817. The molecule has 0 unspecified atom stereocenters. The van der Waals surface area contributed by atoms with E-state index in [1.54, 1.807) is 18.0 Å². The summed E-state index contributed by atoms with van der Waals surface area (Å²) in [5.41, 5.74) is 0.905. The van der Waals surface area contributed by atoms with Crippen LogP contribution in [0.2, 0.25) is 0 Å². The number of hydrogen-bond acceptors (Lipinski definition) is 2. The van der Waals surface area contributed by atoms with Crippen LogP contribution in [0, 0.1) is 6.92 Å². The van der Waals surface area contributed by atoms with E-state index in [1.807, 2.05) is 6.92 Å². The number of aryl methyl sites for hydroxylation is 2. The molecule has 1 aromatic heterocycles. The summed E-state index contributed by atoms with van der Waals surface area (Å²) >= 11 is 0. The molecule has 3 heteroatoms. The van der Waals surface area contributed by atoms with Gasteiger partial charge in [-0.15, -0.1) is 0 Å². The summed E-state index contributed by atoms with van der Waals surface area (Å²) in [7, 11) is 1.79. The Labute approximate surface area is 41.5 Å². The smallest absolute Gasteiger partial charge is 0.0854 e. The average Bonchev–Trinajstić information content (AvgIpc) is 1.87. The third-order valence-electron chi connectivity index (χ3n) is 0.682. The van der Waals surface area contributed by atoms with Crippen molar-refractivity contribution in [3.63, 3.8) is 0 Å². The van der Waals surface area contributed by atoms with E-state index in [1.165, 1.54) is 0 Å². The fourth-order valence-electron chi connectivity index (χ4n) is 0.439. The van der Waals surface area contributed by atoms with Crippen LogP contribution in [0.3, 0.4) is 0 Å². The maximum atomic E-state index is 4.63. The number of aromatic nitrogens is 2. The van der Waals surface area contributed by atoms with Crippen molar-refractivity contribution in [2.45, 2.75) is 6.92 Å². The molecule has 0 fully saturated rings. The fourth-order valence-corrected chi connectivity index (χ4v) is 0.439. The molecule has 0 aliphatic heterocycles. The summed E-state index contributed by atoms with van der Waals surface area (Å²) in [5, 5.41) is 3.60. The van der Waals surface area contributed by atoms with Gasteiger partial charge in [0.15, 0.2) is 11.4 Å². The van der Waals surface area contributed by atoms with Crippen molar-refractivity contribution in [3.8, 4) is 0 Å². The van der Waals surface area contributed by atoms with Gasteiger partial charge < -0.3 is 0 Å². The SMILES string of the molecule is Cc1c[n+](C)on1. The van der Waals surface area contributed by atoms with Gasteiger partial charge in [0.1, 0.15) is 7.05 Å². The highest BCUT2D eigenvalue weighted by Crippen LogP contribution is 1.78. The monoisotopic (exact) mass is 99.1 g/mol. The number of nitrogens with zero attached hydrogens (tertiary/aromatic N) is 2.